The minimum Gasteiger partial charge on any atom is -0.103 e. The Kier molecular flexibility index (Phi) is 27.6. The molecule has 0 aliphatic rings. The van der Waals surface area contributed by atoms with E-state index in [9.17, 15) is 0 Å². The van der Waals surface area contributed by atoms with Crippen molar-refractivity contribution in [3.8, 4) is 0 Å². The summed E-state index contributed by atoms with van der Waals surface area (Å²) >= 11 is 3.00. The van der Waals surface area contributed by atoms with Gasteiger partial charge in [-0.05, 0) is 23.5 Å². The molecular weight excluding hydrogens is 284 g/mol. The van der Waals surface area contributed by atoms with E-state index >= 15 is 0 Å². The quantitative estimate of drug-likeness (QED) is 0.176. The van der Waals surface area contributed by atoms with Crippen LogP contribution in [-0.2, 0) is 0 Å². The highest BCUT2D eigenvalue weighted by Crippen LogP contribution is 2.13. The molecule has 2 heteroatoms. The van der Waals surface area contributed by atoms with E-state index in [1.807, 2.05) is 6.08 Å². The highest BCUT2D eigenvalue weighted by molar-refractivity contribution is 8.05. The average molecular weight is 321 g/mol. The summed E-state index contributed by atoms with van der Waals surface area (Å²) in [6.07, 6.45) is 23.5. The van der Waals surface area contributed by atoms with E-state index in [1.54, 1.807) is 0 Å². The monoisotopic (exact) mass is 320 g/mol. The predicted molar refractivity (Wildman–Crippen MR) is 100.0 cm³/mol. The number of rotatable bonds is 15. The first-order valence-corrected chi connectivity index (χ1v) is 10.0. The Morgan fingerprint density at radius 1 is 0.650 bits per heavy atom. The van der Waals surface area contributed by atoms with Crippen LogP contribution in [0.25, 0.3) is 0 Å². The Balaban J connectivity index is 0. The van der Waals surface area contributed by atoms with Crippen molar-refractivity contribution in [2.45, 2.75) is 103 Å². The Morgan fingerprint density at radius 3 is 1.25 bits per heavy atom. The lowest BCUT2D eigenvalue weighted by molar-refractivity contribution is 0.536. The van der Waals surface area contributed by atoms with Crippen LogP contribution in [0.4, 0.5) is 0 Å². The SMILES string of the molecule is C=CCCCCCCCCCCCCCCCC.SCl. The van der Waals surface area contributed by atoms with Gasteiger partial charge >= 0.3 is 0 Å². The summed E-state index contributed by atoms with van der Waals surface area (Å²) in [5, 5.41) is 0. The predicted octanol–water partition coefficient (Wildman–Crippen LogP) is 8.11. The van der Waals surface area contributed by atoms with Crippen molar-refractivity contribution in [2.75, 3.05) is 0 Å². The van der Waals surface area contributed by atoms with Gasteiger partial charge in [-0.1, -0.05) is 108 Å². The molecule has 20 heavy (non-hydrogen) atoms. The molecule has 0 fully saturated rings. The molecule has 0 aliphatic heterocycles. The van der Waals surface area contributed by atoms with E-state index in [2.05, 4.69) is 36.0 Å². The molecule has 0 radical (unpaired) electrons. The van der Waals surface area contributed by atoms with Crippen LogP contribution >= 0.6 is 22.5 Å². The fraction of sp³-hybridized carbons (Fsp3) is 0.889. The van der Waals surface area contributed by atoms with Crippen molar-refractivity contribution in [3.63, 3.8) is 0 Å². The molecule has 0 saturated carbocycles. The van der Waals surface area contributed by atoms with Gasteiger partial charge in [0.05, 0.1) is 0 Å². The van der Waals surface area contributed by atoms with Crippen LogP contribution in [-0.4, -0.2) is 0 Å². The second-order valence-electron chi connectivity index (χ2n) is 5.67. The van der Waals surface area contributed by atoms with Crippen molar-refractivity contribution >= 4 is 22.5 Å². The lowest BCUT2D eigenvalue weighted by Crippen LogP contribution is -1.83. The van der Waals surface area contributed by atoms with Crippen molar-refractivity contribution in [2.24, 2.45) is 0 Å². The zero-order valence-electron chi connectivity index (χ0n) is 13.7. The van der Waals surface area contributed by atoms with Gasteiger partial charge in [-0.2, -0.15) is 0 Å². The highest BCUT2D eigenvalue weighted by Gasteiger charge is 1.93. The van der Waals surface area contributed by atoms with Crippen molar-refractivity contribution < 1.29 is 0 Å². The Labute approximate surface area is 138 Å². The van der Waals surface area contributed by atoms with Gasteiger partial charge in [0.1, 0.15) is 0 Å². The first-order chi connectivity index (χ1) is 9.91. The van der Waals surface area contributed by atoms with Crippen LogP contribution in [0.1, 0.15) is 103 Å². The van der Waals surface area contributed by atoms with Crippen LogP contribution in [0, 0.1) is 0 Å². The van der Waals surface area contributed by atoms with Gasteiger partial charge in [0.2, 0.25) is 0 Å². The molecule has 0 aliphatic carbocycles. The minimum absolute atomic E-state index is 1.21. The van der Waals surface area contributed by atoms with Gasteiger partial charge < -0.3 is 0 Å². The highest BCUT2D eigenvalue weighted by atomic mass is 35.7. The molecule has 0 rings (SSSR count). The second-order valence-corrected chi connectivity index (χ2v) is 5.67. The van der Waals surface area contributed by atoms with Gasteiger partial charge in [0, 0.05) is 0 Å². The first kappa shape index (κ1) is 22.7. The normalized spacial score (nSPS) is 9.95. The molecule has 0 spiro atoms. The molecule has 0 unspecified atom stereocenters. The van der Waals surface area contributed by atoms with Crippen LogP contribution in [0.15, 0.2) is 12.7 Å². The van der Waals surface area contributed by atoms with Crippen LogP contribution in [0.2, 0.25) is 0 Å². The minimum atomic E-state index is 1.21. The fourth-order valence-electron chi connectivity index (χ4n) is 2.48. The summed E-state index contributed by atoms with van der Waals surface area (Å²) in [7, 11) is 4.33. The van der Waals surface area contributed by atoms with Gasteiger partial charge in [-0.15, -0.1) is 6.58 Å². The maximum atomic E-state index is 4.33. The third kappa shape index (κ3) is 23.5. The number of halogens is 1. The van der Waals surface area contributed by atoms with E-state index in [1.165, 1.54) is 96.3 Å². The lowest BCUT2D eigenvalue weighted by atomic mass is 10.0. The van der Waals surface area contributed by atoms with Crippen LogP contribution in [0.3, 0.4) is 0 Å². The molecule has 0 aromatic heterocycles. The number of allylic oxidation sites excluding steroid dienone is 1. The number of hydrogen-bond donors (Lipinski definition) is 1. The summed E-state index contributed by atoms with van der Waals surface area (Å²) in [6.45, 7) is 6.05. The average Bonchev–Trinajstić information content (AvgIpc) is 2.50. The summed E-state index contributed by atoms with van der Waals surface area (Å²) < 4.78 is 0. The molecule has 0 N–H and O–H groups in total. The summed E-state index contributed by atoms with van der Waals surface area (Å²) in [4.78, 5) is 0. The molecule has 0 atom stereocenters. The van der Waals surface area contributed by atoms with Crippen LogP contribution in [0.5, 0.6) is 0 Å². The maximum absolute atomic E-state index is 4.33. The maximum Gasteiger partial charge on any atom is -0.0353 e. The number of hydrogen-bond acceptors (Lipinski definition) is 1. The third-order valence-electron chi connectivity index (χ3n) is 3.76. The Bertz CT molecular complexity index is 159. The van der Waals surface area contributed by atoms with Gasteiger partial charge in [-0.3, -0.25) is 0 Å². The van der Waals surface area contributed by atoms with Crippen molar-refractivity contribution in [1.29, 1.82) is 0 Å². The molecule has 122 valence electrons. The standard InChI is InChI=1S/C18H36.ClHS/c1-3-5-7-9-11-13-15-17-18-16-14-12-10-8-6-4-2;1-2/h3H,1,4-18H2,2H3;2H. The van der Waals surface area contributed by atoms with E-state index in [0.29, 0.717) is 0 Å². The van der Waals surface area contributed by atoms with Gasteiger partial charge in [-0.25, -0.2) is 0 Å². The molecule has 0 bridgehead atoms. The van der Waals surface area contributed by atoms with E-state index < -0.39 is 0 Å². The molecular formula is C18H37ClS. The molecule has 0 aromatic carbocycles. The zero-order valence-corrected chi connectivity index (χ0v) is 15.4. The fourth-order valence-corrected chi connectivity index (χ4v) is 2.48. The Hall–Kier alpha value is 0.380. The van der Waals surface area contributed by atoms with Crippen molar-refractivity contribution in [1.82, 2.24) is 0 Å². The first-order valence-electron chi connectivity index (χ1n) is 8.69. The van der Waals surface area contributed by atoms with Gasteiger partial charge in [0.15, 0.2) is 0 Å². The molecule has 0 heterocycles. The summed E-state index contributed by atoms with van der Waals surface area (Å²) in [5.41, 5.74) is 0. The zero-order chi connectivity index (χ0) is 15.3. The summed E-state index contributed by atoms with van der Waals surface area (Å²) in [6, 6.07) is 0. The summed E-state index contributed by atoms with van der Waals surface area (Å²) in [5.74, 6) is 0. The molecule has 0 saturated heterocycles. The number of unbranched alkanes of at least 4 members (excludes halogenated alkanes) is 14. The van der Waals surface area contributed by atoms with Crippen molar-refractivity contribution in [3.05, 3.63) is 12.7 Å². The van der Waals surface area contributed by atoms with E-state index in [4.69, 9.17) is 0 Å². The molecule has 0 amide bonds. The lowest BCUT2D eigenvalue weighted by Gasteiger charge is -2.02. The second kappa shape index (κ2) is 24.4. The van der Waals surface area contributed by atoms with E-state index in [-0.39, 0.29) is 0 Å². The molecule has 0 aromatic rings. The largest absolute Gasteiger partial charge is 0.103 e. The number of thiol groups is 1. The third-order valence-corrected chi connectivity index (χ3v) is 3.76. The van der Waals surface area contributed by atoms with Gasteiger partial charge in [0.25, 0.3) is 0 Å². The smallest absolute Gasteiger partial charge is 0.0353 e. The topological polar surface area (TPSA) is 0 Å². The Morgan fingerprint density at radius 2 is 0.950 bits per heavy atom. The van der Waals surface area contributed by atoms with E-state index in [0.717, 1.165) is 0 Å². The molecule has 0 nitrogen and oxygen atoms in total. The van der Waals surface area contributed by atoms with Crippen LogP contribution < -0.4 is 0 Å².